The van der Waals surface area contributed by atoms with E-state index in [9.17, 15) is 14.7 Å². The first-order valence-corrected chi connectivity index (χ1v) is 5.77. The lowest BCUT2D eigenvalue weighted by molar-refractivity contribution is -0.149. The summed E-state index contributed by atoms with van der Waals surface area (Å²) in [6.07, 6.45) is 3.48. The lowest BCUT2D eigenvalue weighted by Gasteiger charge is -2.27. The van der Waals surface area contributed by atoms with E-state index in [2.05, 4.69) is 5.32 Å². The molecule has 2 aliphatic rings. The Morgan fingerprint density at radius 3 is 2.12 bits per heavy atom. The minimum absolute atomic E-state index is 0.0349. The highest BCUT2D eigenvalue weighted by atomic mass is 16.4. The van der Waals surface area contributed by atoms with Crippen molar-refractivity contribution in [2.45, 2.75) is 50.7 Å². The quantitative estimate of drug-likeness (QED) is 0.604. The van der Waals surface area contributed by atoms with Gasteiger partial charge in [0.05, 0.1) is 6.10 Å². The maximum absolute atomic E-state index is 11.8. The number of rotatable bonds is 3. The molecule has 2 saturated carbocycles. The van der Waals surface area contributed by atoms with Crippen LogP contribution in [0.3, 0.4) is 0 Å². The molecule has 0 unspecified atom stereocenters. The van der Waals surface area contributed by atoms with Crippen LogP contribution in [0.4, 0.5) is 0 Å². The zero-order chi connectivity index (χ0) is 11.8. The van der Waals surface area contributed by atoms with Gasteiger partial charge >= 0.3 is 5.97 Å². The first-order chi connectivity index (χ1) is 7.54. The average Bonchev–Trinajstić information content (AvgIpc) is 3.02. The van der Waals surface area contributed by atoms with Crippen molar-refractivity contribution in [1.29, 1.82) is 0 Å². The first-order valence-electron chi connectivity index (χ1n) is 5.77. The lowest BCUT2D eigenvalue weighted by Crippen LogP contribution is -2.44. The van der Waals surface area contributed by atoms with E-state index in [4.69, 9.17) is 5.11 Å². The Morgan fingerprint density at radius 2 is 1.69 bits per heavy atom. The fourth-order valence-corrected chi connectivity index (χ4v) is 2.21. The van der Waals surface area contributed by atoms with Crippen LogP contribution >= 0.6 is 0 Å². The third-order valence-corrected chi connectivity index (χ3v) is 3.63. The number of carboxylic acid groups (broad SMARTS) is 1. The Bertz CT molecular complexity index is 303. The number of amides is 1. The minimum atomic E-state index is -1.14. The Labute approximate surface area is 93.8 Å². The largest absolute Gasteiger partial charge is 0.480 e. The van der Waals surface area contributed by atoms with E-state index < -0.39 is 11.4 Å². The predicted octanol–water partition coefficient (Wildman–Crippen LogP) is 0.271. The standard InChI is InChI=1S/C11H17NO4/c13-8-3-1-7(2-4-8)12-9(14)11(5-6-11)10(15)16/h7-8,13H,1-6H2,(H,12,14)(H,15,16). The first kappa shape index (κ1) is 11.4. The fourth-order valence-electron chi connectivity index (χ4n) is 2.21. The molecule has 0 spiro atoms. The molecule has 2 fully saturated rings. The van der Waals surface area contributed by atoms with Crippen LogP contribution in [0.2, 0.25) is 0 Å². The minimum Gasteiger partial charge on any atom is -0.480 e. The van der Waals surface area contributed by atoms with E-state index in [1.807, 2.05) is 0 Å². The molecule has 0 saturated heterocycles. The van der Waals surface area contributed by atoms with Crippen LogP contribution in [0.5, 0.6) is 0 Å². The molecule has 0 aromatic heterocycles. The molecule has 0 radical (unpaired) electrons. The van der Waals surface area contributed by atoms with Crippen molar-refractivity contribution >= 4 is 11.9 Å². The van der Waals surface area contributed by atoms with E-state index in [0.717, 1.165) is 12.8 Å². The van der Waals surface area contributed by atoms with Gasteiger partial charge < -0.3 is 15.5 Å². The maximum Gasteiger partial charge on any atom is 0.319 e. The Morgan fingerprint density at radius 1 is 1.12 bits per heavy atom. The predicted molar refractivity (Wildman–Crippen MR) is 55.7 cm³/mol. The summed E-state index contributed by atoms with van der Waals surface area (Å²) >= 11 is 0. The van der Waals surface area contributed by atoms with Gasteiger partial charge in [-0.3, -0.25) is 9.59 Å². The zero-order valence-corrected chi connectivity index (χ0v) is 9.11. The molecule has 0 bridgehead atoms. The molecule has 16 heavy (non-hydrogen) atoms. The van der Waals surface area contributed by atoms with Gasteiger partial charge in [-0.25, -0.2) is 0 Å². The van der Waals surface area contributed by atoms with Crippen LogP contribution in [0.25, 0.3) is 0 Å². The molecule has 0 atom stereocenters. The molecule has 5 nitrogen and oxygen atoms in total. The van der Waals surface area contributed by atoms with Gasteiger partial charge in [0.15, 0.2) is 0 Å². The monoisotopic (exact) mass is 227 g/mol. The summed E-state index contributed by atoms with van der Waals surface area (Å²) < 4.78 is 0. The fraction of sp³-hybridized carbons (Fsp3) is 0.818. The van der Waals surface area contributed by atoms with Gasteiger partial charge in [-0.05, 0) is 38.5 Å². The van der Waals surface area contributed by atoms with E-state index in [1.165, 1.54) is 0 Å². The summed E-state index contributed by atoms with van der Waals surface area (Å²) in [5.74, 6) is -1.36. The van der Waals surface area contributed by atoms with Crippen molar-refractivity contribution in [1.82, 2.24) is 5.32 Å². The molecule has 2 rings (SSSR count). The van der Waals surface area contributed by atoms with Gasteiger partial charge in [0.25, 0.3) is 0 Å². The van der Waals surface area contributed by atoms with Gasteiger partial charge in [-0.15, -0.1) is 0 Å². The Balaban J connectivity index is 1.86. The number of hydrogen-bond acceptors (Lipinski definition) is 3. The van der Waals surface area contributed by atoms with Crippen LogP contribution in [0.1, 0.15) is 38.5 Å². The molecule has 0 aromatic carbocycles. The third-order valence-electron chi connectivity index (χ3n) is 3.63. The highest BCUT2D eigenvalue weighted by molar-refractivity contribution is 6.04. The third kappa shape index (κ3) is 2.04. The van der Waals surface area contributed by atoms with Crippen molar-refractivity contribution in [2.75, 3.05) is 0 Å². The Kier molecular flexibility index (Phi) is 2.88. The number of hydrogen-bond donors (Lipinski definition) is 3. The van der Waals surface area contributed by atoms with E-state index in [0.29, 0.717) is 25.7 Å². The summed E-state index contributed by atoms with van der Waals surface area (Å²) in [6, 6.07) is 0.0349. The van der Waals surface area contributed by atoms with E-state index in [1.54, 1.807) is 0 Å². The van der Waals surface area contributed by atoms with Gasteiger partial charge in [0.1, 0.15) is 5.41 Å². The number of carboxylic acids is 1. The second-order valence-corrected chi connectivity index (χ2v) is 4.87. The molecule has 2 aliphatic carbocycles. The highest BCUT2D eigenvalue weighted by Crippen LogP contribution is 2.46. The maximum atomic E-state index is 11.8. The van der Waals surface area contributed by atoms with Gasteiger partial charge in [0.2, 0.25) is 5.91 Å². The molecule has 5 heteroatoms. The number of carbonyl (C=O) groups is 2. The molecule has 0 aromatic rings. The summed E-state index contributed by atoms with van der Waals surface area (Å²) in [7, 11) is 0. The van der Waals surface area contributed by atoms with Crippen LogP contribution in [-0.4, -0.2) is 34.2 Å². The van der Waals surface area contributed by atoms with Crippen molar-refractivity contribution in [3.8, 4) is 0 Å². The SMILES string of the molecule is O=C(O)C1(C(=O)NC2CCC(O)CC2)CC1. The number of aliphatic hydroxyl groups excluding tert-OH is 1. The number of carbonyl (C=O) groups excluding carboxylic acids is 1. The molecular formula is C11H17NO4. The number of aliphatic hydroxyl groups is 1. The van der Waals surface area contributed by atoms with Crippen LogP contribution in [-0.2, 0) is 9.59 Å². The average molecular weight is 227 g/mol. The zero-order valence-electron chi connectivity index (χ0n) is 9.11. The highest BCUT2D eigenvalue weighted by Gasteiger charge is 2.57. The Hall–Kier alpha value is -1.10. The van der Waals surface area contributed by atoms with Crippen molar-refractivity contribution in [3.63, 3.8) is 0 Å². The van der Waals surface area contributed by atoms with Crippen LogP contribution in [0.15, 0.2) is 0 Å². The molecule has 0 heterocycles. The molecule has 1 amide bonds. The molecular weight excluding hydrogens is 210 g/mol. The lowest BCUT2D eigenvalue weighted by atomic mass is 9.92. The van der Waals surface area contributed by atoms with Crippen LogP contribution in [0, 0.1) is 5.41 Å². The van der Waals surface area contributed by atoms with Crippen molar-refractivity contribution < 1.29 is 19.8 Å². The summed E-state index contributed by atoms with van der Waals surface area (Å²) in [5.41, 5.74) is -1.14. The van der Waals surface area contributed by atoms with Crippen LogP contribution < -0.4 is 5.32 Å². The second kappa shape index (κ2) is 4.05. The normalized spacial score (nSPS) is 31.8. The second-order valence-electron chi connectivity index (χ2n) is 4.87. The number of aliphatic carboxylic acids is 1. The van der Waals surface area contributed by atoms with Gasteiger partial charge in [-0.1, -0.05) is 0 Å². The number of nitrogens with one attached hydrogen (secondary N) is 1. The molecule has 90 valence electrons. The van der Waals surface area contributed by atoms with Gasteiger partial charge in [0, 0.05) is 6.04 Å². The topological polar surface area (TPSA) is 86.6 Å². The van der Waals surface area contributed by atoms with Crippen molar-refractivity contribution in [2.24, 2.45) is 5.41 Å². The summed E-state index contributed by atoms with van der Waals surface area (Å²) in [5, 5.41) is 21.1. The van der Waals surface area contributed by atoms with E-state index in [-0.39, 0.29) is 18.1 Å². The summed E-state index contributed by atoms with van der Waals surface area (Å²) in [4.78, 5) is 22.7. The van der Waals surface area contributed by atoms with E-state index >= 15 is 0 Å². The smallest absolute Gasteiger partial charge is 0.319 e. The molecule has 3 N–H and O–H groups in total. The van der Waals surface area contributed by atoms with Crippen molar-refractivity contribution in [3.05, 3.63) is 0 Å². The summed E-state index contributed by atoms with van der Waals surface area (Å²) in [6.45, 7) is 0. The van der Waals surface area contributed by atoms with Gasteiger partial charge in [-0.2, -0.15) is 0 Å². The molecule has 0 aliphatic heterocycles.